The molecule has 0 radical (unpaired) electrons. The summed E-state index contributed by atoms with van der Waals surface area (Å²) in [6.45, 7) is 2.33. The van der Waals surface area contributed by atoms with E-state index in [1.807, 2.05) is 17.8 Å². The van der Waals surface area contributed by atoms with E-state index in [4.69, 9.17) is 9.84 Å². The average molecular weight is 239 g/mol. The molecule has 1 aliphatic heterocycles. The Bertz CT molecular complexity index is 382. The van der Waals surface area contributed by atoms with Gasteiger partial charge in [-0.05, 0) is 25.0 Å². The fourth-order valence-corrected chi connectivity index (χ4v) is 3.12. The number of anilines is 1. The van der Waals surface area contributed by atoms with Crippen LogP contribution in [0, 0.1) is 6.92 Å². The van der Waals surface area contributed by atoms with E-state index in [9.17, 15) is 0 Å². The SMILES string of the molecule is COc1ccc(C)c2c1NC(CCO)CS2. The summed E-state index contributed by atoms with van der Waals surface area (Å²) in [4.78, 5) is 1.27. The van der Waals surface area contributed by atoms with Gasteiger partial charge in [0, 0.05) is 23.3 Å². The first-order chi connectivity index (χ1) is 7.76. The molecule has 1 heterocycles. The van der Waals surface area contributed by atoms with Crippen molar-refractivity contribution in [3.63, 3.8) is 0 Å². The zero-order valence-corrected chi connectivity index (χ0v) is 10.4. The average Bonchev–Trinajstić information content (AvgIpc) is 2.30. The molecule has 3 nitrogen and oxygen atoms in total. The normalized spacial score (nSPS) is 18.8. The van der Waals surface area contributed by atoms with Crippen molar-refractivity contribution in [3.8, 4) is 5.75 Å². The molecule has 88 valence electrons. The molecule has 16 heavy (non-hydrogen) atoms. The lowest BCUT2D eigenvalue weighted by Gasteiger charge is -2.28. The van der Waals surface area contributed by atoms with Crippen molar-refractivity contribution in [1.82, 2.24) is 0 Å². The predicted octanol–water partition coefficient (Wildman–Crippen LogP) is 2.27. The van der Waals surface area contributed by atoms with Gasteiger partial charge in [-0.3, -0.25) is 0 Å². The second-order valence-electron chi connectivity index (χ2n) is 3.95. The highest BCUT2D eigenvalue weighted by molar-refractivity contribution is 7.99. The van der Waals surface area contributed by atoms with Crippen LogP contribution in [0.1, 0.15) is 12.0 Å². The lowest BCUT2D eigenvalue weighted by molar-refractivity contribution is 0.282. The largest absolute Gasteiger partial charge is 0.495 e. The Morgan fingerprint density at radius 2 is 2.38 bits per heavy atom. The number of methoxy groups -OCH3 is 1. The van der Waals surface area contributed by atoms with Gasteiger partial charge in [-0.25, -0.2) is 0 Å². The van der Waals surface area contributed by atoms with Gasteiger partial charge >= 0.3 is 0 Å². The van der Waals surface area contributed by atoms with Crippen LogP contribution < -0.4 is 10.1 Å². The molecule has 0 saturated carbocycles. The van der Waals surface area contributed by atoms with Crippen LogP contribution >= 0.6 is 11.8 Å². The number of nitrogens with one attached hydrogen (secondary N) is 1. The molecule has 0 fully saturated rings. The fraction of sp³-hybridized carbons (Fsp3) is 0.500. The van der Waals surface area contributed by atoms with Crippen LogP contribution in [0.25, 0.3) is 0 Å². The van der Waals surface area contributed by atoms with Crippen LogP contribution in [0.5, 0.6) is 5.75 Å². The van der Waals surface area contributed by atoms with Gasteiger partial charge in [-0.15, -0.1) is 11.8 Å². The maximum absolute atomic E-state index is 8.97. The molecule has 1 unspecified atom stereocenters. The van der Waals surface area contributed by atoms with Crippen molar-refractivity contribution >= 4 is 17.4 Å². The summed E-state index contributed by atoms with van der Waals surface area (Å²) < 4.78 is 5.36. The molecule has 1 aromatic rings. The minimum atomic E-state index is 0.224. The summed E-state index contributed by atoms with van der Waals surface area (Å²) >= 11 is 1.84. The van der Waals surface area contributed by atoms with Gasteiger partial charge in [0.05, 0.1) is 12.8 Å². The van der Waals surface area contributed by atoms with E-state index in [0.717, 1.165) is 23.6 Å². The van der Waals surface area contributed by atoms with Gasteiger partial charge in [0.1, 0.15) is 5.75 Å². The molecular weight excluding hydrogens is 222 g/mol. The smallest absolute Gasteiger partial charge is 0.143 e. The number of aliphatic hydroxyl groups is 1. The van der Waals surface area contributed by atoms with E-state index in [-0.39, 0.29) is 6.61 Å². The number of ether oxygens (including phenoxy) is 1. The van der Waals surface area contributed by atoms with Gasteiger partial charge < -0.3 is 15.2 Å². The Balaban J connectivity index is 2.31. The fourth-order valence-electron chi connectivity index (χ4n) is 1.90. The van der Waals surface area contributed by atoms with Crippen molar-refractivity contribution in [2.45, 2.75) is 24.3 Å². The summed E-state index contributed by atoms with van der Waals surface area (Å²) in [5, 5.41) is 12.4. The molecule has 0 aliphatic carbocycles. The van der Waals surface area contributed by atoms with Crippen molar-refractivity contribution < 1.29 is 9.84 Å². The van der Waals surface area contributed by atoms with Gasteiger partial charge in [0.15, 0.2) is 0 Å². The third-order valence-corrected chi connectivity index (χ3v) is 4.17. The molecule has 2 N–H and O–H groups in total. The number of aryl methyl sites for hydroxylation is 1. The lowest BCUT2D eigenvalue weighted by Crippen LogP contribution is -2.27. The molecule has 0 bridgehead atoms. The number of hydrogen-bond acceptors (Lipinski definition) is 4. The highest BCUT2D eigenvalue weighted by atomic mass is 32.2. The van der Waals surface area contributed by atoms with E-state index in [2.05, 4.69) is 18.3 Å². The van der Waals surface area contributed by atoms with Crippen LogP contribution in [-0.2, 0) is 0 Å². The third kappa shape index (κ3) is 2.13. The standard InChI is InChI=1S/C12H17NO2S/c1-8-3-4-10(15-2)11-12(8)16-7-9(13-11)5-6-14/h3-4,9,13-14H,5-7H2,1-2H3. The van der Waals surface area contributed by atoms with E-state index < -0.39 is 0 Å². The Kier molecular flexibility index (Phi) is 3.61. The number of rotatable bonds is 3. The number of thioether (sulfide) groups is 1. The first kappa shape index (κ1) is 11.6. The maximum Gasteiger partial charge on any atom is 0.143 e. The van der Waals surface area contributed by atoms with Crippen molar-refractivity contribution in [3.05, 3.63) is 17.7 Å². The minimum Gasteiger partial charge on any atom is -0.495 e. The monoisotopic (exact) mass is 239 g/mol. The first-order valence-corrected chi connectivity index (χ1v) is 6.42. The van der Waals surface area contributed by atoms with Gasteiger partial charge in [0.25, 0.3) is 0 Å². The maximum atomic E-state index is 8.97. The zero-order valence-electron chi connectivity index (χ0n) is 9.62. The van der Waals surface area contributed by atoms with Gasteiger partial charge in [0.2, 0.25) is 0 Å². The van der Waals surface area contributed by atoms with Crippen molar-refractivity contribution in [2.75, 3.05) is 24.8 Å². The van der Waals surface area contributed by atoms with Gasteiger partial charge in [-0.2, -0.15) is 0 Å². The van der Waals surface area contributed by atoms with Crippen molar-refractivity contribution in [2.24, 2.45) is 0 Å². The third-order valence-electron chi connectivity index (χ3n) is 2.79. The highest BCUT2D eigenvalue weighted by Crippen LogP contribution is 2.42. The highest BCUT2D eigenvalue weighted by Gasteiger charge is 2.22. The topological polar surface area (TPSA) is 41.5 Å². The van der Waals surface area contributed by atoms with Crippen LogP contribution in [0.3, 0.4) is 0 Å². The lowest BCUT2D eigenvalue weighted by atomic mass is 10.1. The second kappa shape index (κ2) is 4.97. The molecular formula is C12H17NO2S. The zero-order chi connectivity index (χ0) is 11.5. The molecule has 4 heteroatoms. The quantitative estimate of drug-likeness (QED) is 0.849. The van der Waals surface area contributed by atoms with Crippen molar-refractivity contribution in [1.29, 1.82) is 0 Å². The molecule has 0 amide bonds. The summed E-state index contributed by atoms with van der Waals surface area (Å²) in [6, 6.07) is 4.40. The molecule has 0 aromatic heterocycles. The number of hydrogen-bond donors (Lipinski definition) is 2. The molecule has 0 spiro atoms. The van der Waals surface area contributed by atoms with Crippen LogP contribution in [-0.4, -0.2) is 30.6 Å². The van der Waals surface area contributed by atoms with E-state index >= 15 is 0 Å². The Morgan fingerprint density at radius 1 is 1.56 bits per heavy atom. The molecule has 0 saturated heterocycles. The van der Waals surface area contributed by atoms with Crippen LogP contribution in [0.4, 0.5) is 5.69 Å². The number of benzene rings is 1. The minimum absolute atomic E-state index is 0.224. The molecule has 1 atom stereocenters. The molecule has 1 aromatic carbocycles. The summed E-state index contributed by atoms with van der Waals surface area (Å²) in [7, 11) is 1.69. The molecule has 1 aliphatic rings. The summed E-state index contributed by atoms with van der Waals surface area (Å²) in [6.07, 6.45) is 0.781. The van der Waals surface area contributed by atoms with Crippen LogP contribution in [0.2, 0.25) is 0 Å². The van der Waals surface area contributed by atoms with E-state index in [0.29, 0.717) is 6.04 Å². The second-order valence-corrected chi connectivity index (χ2v) is 4.98. The molecule has 2 rings (SSSR count). The summed E-state index contributed by atoms with van der Waals surface area (Å²) in [5.74, 6) is 1.89. The Hall–Kier alpha value is -0.870. The van der Waals surface area contributed by atoms with E-state index in [1.165, 1.54) is 10.5 Å². The van der Waals surface area contributed by atoms with Crippen LogP contribution in [0.15, 0.2) is 17.0 Å². The Labute approximate surface area is 100 Å². The van der Waals surface area contributed by atoms with E-state index in [1.54, 1.807) is 7.11 Å². The Morgan fingerprint density at radius 3 is 3.06 bits per heavy atom. The first-order valence-electron chi connectivity index (χ1n) is 5.44. The van der Waals surface area contributed by atoms with Gasteiger partial charge in [-0.1, -0.05) is 6.07 Å². The summed E-state index contributed by atoms with van der Waals surface area (Å²) in [5.41, 5.74) is 2.35. The number of fused-ring (bicyclic) bond motifs is 1. The predicted molar refractivity (Wildman–Crippen MR) is 67.6 cm³/mol. The number of aliphatic hydroxyl groups excluding tert-OH is 1.